The van der Waals surface area contributed by atoms with Gasteiger partial charge in [0.05, 0.1) is 13.0 Å². The molecule has 0 spiro atoms. The van der Waals surface area contributed by atoms with Crippen molar-refractivity contribution in [2.24, 2.45) is 11.8 Å². The van der Waals surface area contributed by atoms with Gasteiger partial charge in [-0.2, -0.15) is 0 Å². The van der Waals surface area contributed by atoms with Gasteiger partial charge in [0.25, 0.3) is 0 Å². The number of esters is 1. The molecule has 0 fully saturated rings. The van der Waals surface area contributed by atoms with E-state index in [9.17, 15) is 9.59 Å². The van der Waals surface area contributed by atoms with Crippen LogP contribution in [0.15, 0.2) is 30.9 Å². The van der Waals surface area contributed by atoms with E-state index in [1.807, 2.05) is 32.6 Å². The van der Waals surface area contributed by atoms with Crippen LogP contribution in [-0.4, -0.2) is 54.5 Å². The minimum atomic E-state index is -0.124. The number of nitrogens with zero attached hydrogens (tertiary/aromatic N) is 2. The van der Waals surface area contributed by atoms with E-state index in [2.05, 4.69) is 40.7 Å². The standard InChI is InChI=1S/C12H24N2O2.C11H15NOS/c1-5-14(3)10-9-13-8-6-7-11(2)12(15)16-4;1-8(2)6-9-7-12-5-4-10(9)11(13)14-3/h9-11,13H,5-8H2,1-4H3;4-5,7-8H,6H2,1-3H3/b10-9+;. The zero-order valence-electron chi connectivity index (χ0n) is 19.6. The lowest BCUT2D eigenvalue weighted by Gasteiger charge is -2.10. The van der Waals surface area contributed by atoms with Crippen LogP contribution in [0.4, 0.5) is 0 Å². The second kappa shape index (κ2) is 16.7. The monoisotopic (exact) mass is 437 g/mol. The molecule has 7 heteroatoms. The first kappa shape index (κ1) is 28.0. The molecule has 6 nitrogen and oxygen atoms in total. The van der Waals surface area contributed by atoms with E-state index in [-0.39, 0.29) is 17.0 Å². The summed E-state index contributed by atoms with van der Waals surface area (Å²) in [5.74, 6) is 0.419. The van der Waals surface area contributed by atoms with E-state index >= 15 is 0 Å². The number of hydrogen-bond acceptors (Lipinski definition) is 7. The maximum atomic E-state index is 11.6. The number of carbonyl (C=O) groups is 2. The Morgan fingerprint density at radius 1 is 1.33 bits per heavy atom. The smallest absolute Gasteiger partial charge is 0.308 e. The Labute approximate surface area is 186 Å². The van der Waals surface area contributed by atoms with Gasteiger partial charge in [0.1, 0.15) is 0 Å². The van der Waals surface area contributed by atoms with Gasteiger partial charge in [0.2, 0.25) is 5.12 Å². The highest BCUT2D eigenvalue weighted by Gasteiger charge is 2.12. The number of nitrogens with one attached hydrogen (secondary N) is 1. The first-order valence-corrected chi connectivity index (χ1v) is 11.7. The Bertz CT molecular complexity index is 650. The summed E-state index contributed by atoms with van der Waals surface area (Å²) in [5, 5.41) is 3.32. The molecule has 1 N–H and O–H groups in total. The van der Waals surface area contributed by atoms with Crippen molar-refractivity contribution in [3.63, 3.8) is 0 Å². The topological polar surface area (TPSA) is 71.5 Å². The molecule has 30 heavy (non-hydrogen) atoms. The molecule has 0 saturated heterocycles. The van der Waals surface area contributed by atoms with Gasteiger partial charge in [-0.15, -0.1) is 0 Å². The van der Waals surface area contributed by atoms with E-state index in [1.54, 1.807) is 18.5 Å². The predicted molar refractivity (Wildman–Crippen MR) is 126 cm³/mol. The van der Waals surface area contributed by atoms with Crippen molar-refractivity contribution in [2.45, 2.75) is 47.0 Å². The van der Waals surface area contributed by atoms with Crippen LogP contribution in [0, 0.1) is 11.8 Å². The number of pyridine rings is 1. The molecular formula is C23H39N3O3S. The van der Waals surface area contributed by atoms with Crippen LogP contribution in [0.25, 0.3) is 0 Å². The lowest BCUT2D eigenvalue weighted by molar-refractivity contribution is -0.145. The molecule has 1 aromatic rings. The minimum absolute atomic E-state index is 0.00547. The number of aromatic nitrogens is 1. The molecule has 0 radical (unpaired) electrons. The summed E-state index contributed by atoms with van der Waals surface area (Å²) in [4.78, 5) is 28.8. The minimum Gasteiger partial charge on any atom is -0.469 e. The number of hydrogen-bond donors (Lipinski definition) is 1. The molecule has 0 aliphatic rings. The summed E-state index contributed by atoms with van der Waals surface area (Å²) in [7, 11) is 3.46. The number of rotatable bonds is 11. The van der Waals surface area contributed by atoms with E-state index < -0.39 is 0 Å². The molecule has 1 heterocycles. The van der Waals surface area contributed by atoms with Crippen LogP contribution < -0.4 is 5.32 Å². The Kier molecular flexibility index (Phi) is 15.6. The summed E-state index contributed by atoms with van der Waals surface area (Å²) in [5.41, 5.74) is 1.86. The van der Waals surface area contributed by atoms with Crippen molar-refractivity contribution < 1.29 is 14.3 Å². The Morgan fingerprint density at radius 3 is 2.60 bits per heavy atom. The lowest BCUT2D eigenvalue weighted by atomic mass is 10.0. The van der Waals surface area contributed by atoms with Crippen molar-refractivity contribution in [1.82, 2.24) is 15.2 Å². The Hall–Kier alpha value is -2.02. The molecule has 0 saturated carbocycles. The van der Waals surface area contributed by atoms with Gasteiger partial charge in [-0.25, -0.2) is 0 Å². The third kappa shape index (κ3) is 12.5. The highest BCUT2D eigenvalue weighted by molar-refractivity contribution is 8.13. The van der Waals surface area contributed by atoms with Crippen LogP contribution in [-0.2, 0) is 16.0 Å². The third-order valence-corrected chi connectivity index (χ3v) is 5.04. The zero-order chi connectivity index (χ0) is 22.9. The van der Waals surface area contributed by atoms with Crippen molar-refractivity contribution in [2.75, 3.05) is 33.5 Å². The fourth-order valence-corrected chi connectivity index (χ4v) is 2.96. The number of carbonyl (C=O) groups excluding carboxylic acids is 2. The van der Waals surface area contributed by atoms with Crippen molar-refractivity contribution in [1.29, 1.82) is 0 Å². The van der Waals surface area contributed by atoms with E-state index in [0.717, 1.165) is 43.5 Å². The number of ether oxygens (including phenoxy) is 1. The van der Waals surface area contributed by atoms with Gasteiger partial charge in [0, 0.05) is 50.5 Å². The van der Waals surface area contributed by atoms with Gasteiger partial charge < -0.3 is 15.0 Å². The first-order valence-electron chi connectivity index (χ1n) is 10.5. The molecule has 0 aliphatic carbocycles. The average Bonchev–Trinajstić information content (AvgIpc) is 2.74. The zero-order valence-corrected chi connectivity index (χ0v) is 20.4. The lowest BCUT2D eigenvalue weighted by Crippen LogP contribution is -2.16. The normalized spacial score (nSPS) is 11.6. The van der Waals surface area contributed by atoms with Gasteiger partial charge in [-0.3, -0.25) is 14.6 Å². The predicted octanol–water partition coefficient (Wildman–Crippen LogP) is 4.37. The maximum Gasteiger partial charge on any atom is 0.308 e. The first-order chi connectivity index (χ1) is 14.3. The fraction of sp³-hybridized carbons (Fsp3) is 0.609. The van der Waals surface area contributed by atoms with Gasteiger partial charge >= 0.3 is 5.97 Å². The second-order valence-electron chi connectivity index (χ2n) is 7.53. The molecule has 1 unspecified atom stereocenters. The highest BCUT2D eigenvalue weighted by atomic mass is 32.2. The average molecular weight is 438 g/mol. The van der Waals surface area contributed by atoms with E-state index in [1.165, 1.54) is 18.9 Å². The SMILES string of the molecule is CCN(C)/C=C/NCCCC(C)C(=O)OC.CSC(=O)c1ccncc1CC(C)C. The molecule has 1 aromatic heterocycles. The third-order valence-electron chi connectivity index (χ3n) is 4.44. The fourth-order valence-electron chi connectivity index (χ4n) is 2.54. The summed E-state index contributed by atoms with van der Waals surface area (Å²) in [6, 6.07) is 1.80. The van der Waals surface area contributed by atoms with Crippen molar-refractivity contribution >= 4 is 22.8 Å². The molecule has 0 bridgehead atoms. The quantitative estimate of drug-likeness (QED) is 0.407. The van der Waals surface area contributed by atoms with Crippen LogP contribution in [0.3, 0.4) is 0 Å². The van der Waals surface area contributed by atoms with Gasteiger partial charge in [-0.1, -0.05) is 32.5 Å². The molecule has 0 aromatic carbocycles. The van der Waals surface area contributed by atoms with Crippen molar-refractivity contribution in [3.8, 4) is 0 Å². The van der Waals surface area contributed by atoms with Crippen LogP contribution >= 0.6 is 11.8 Å². The van der Waals surface area contributed by atoms with E-state index in [0.29, 0.717) is 5.92 Å². The number of methoxy groups -OCH3 is 1. The molecule has 0 aliphatic heterocycles. The largest absolute Gasteiger partial charge is 0.469 e. The van der Waals surface area contributed by atoms with Crippen LogP contribution in [0.1, 0.15) is 56.5 Å². The highest BCUT2D eigenvalue weighted by Crippen LogP contribution is 2.17. The van der Waals surface area contributed by atoms with Gasteiger partial charge in [-0.05, 0) is 50.0 Å². The molecule has 1 atom stereocenters. The summed E-state index contributed by atoms with van der Waals surface area (Å²) < 4.78 is 4.66. The maximum absolute atomic E-state index is 11.6. The van der Waals surface area contributed by atoms with Crippen LogP contribution in [0.2, 0.25) is 0 Å². The summed E-state index contributed by atoms with van der Waals surface area (Å²) in [6.45, 7) is 10.2. The Morgan fingerprint density at radius 2 is 2.03 bits per heavy atom. The Balaban J connectivity index is 0.000000564. The van der Waals surface area contributed by atoms with Crippen LogP contribution in [0.5, 0.6) is 0 Å². The molecule has 0 amide bonds. The van der Waals surface area contributed by atoms with E-state index in [4.69, 9.17) is 0 Å². The van der Waals surface area contributed by atoms with Gasteiger partial charge in [0.15, 0.2) is 0 Å². The second-order valence-corrected chi connectivity index (χ2v) is 8.31. The summed E-state index contributed by atoms with van der Waals surface area (Å²) >= 11 is 1.25. The molecular weight excluding hydrogens is 398 g/mol. The molecule has 170 valence electrons. The number of thioether (sulfide) groups is 1. The summed E-state index contributed by atoms with van der Waals surface area (Å²) in [6.07, 6.45) is 12.0. The van der Waals surface area contributed by atoms with Crippen molar-refractivity contribution in [3.05, 3.63) is 42.0 Å². The molecule has 1 rings (SSSR count).